The number of unbranched alkanes of at least 4 members (excludes halogenated alkanes) is 1. The topological polar surface area (TPSA) is 23.5 Å². The van der Waals surface area contributed by atoms with Gasteiger partial charge in [-0.25, -0.2) is 0 Å². The Kier molecular flexibility index (Phi) is 11.1. The highest BCUT2D eigenvalue weighted by Gasteiger charge is 2.15. The Hall–Kier alpha value is -0.600. The third kappa shape index (κ3) is 8.48. The van der Waals surface area contributed by atoms with Crippen LogP contribution in [0.15, 0.2) is 24.3 Å². The van der Waals surface area contributed by atoms with Crippen LogP contribution in [-0.4, -0.2) is 36.8 Å². The van der Waals surface area contributed by atoms with E-state index in [1.807, 2.05) is 6.92 Å². The molecule has 2 atom stereocenters. The van der Waals surface area contributed by atoms with E-state index in [9.17, 15) is 0 Å². The molecule has 2 nitrogen and oxygen atoms in total. The van der Waals surface area contributed by atoms with Gasteiger partial charge in [-0.2, -0.15) is 0 Å². The summed E-state index contributed by atoms with van der Waals surface area (Å²) in [6.07, 6.45) is 12.5. The summed E-state index contributed by atoms with van der Waals surface area (Å²) in [5.41, 5.74) is 0. The van der Waals surface area contributed by atoms with Crippen molar-refractivity contribution >= 4 is 0 Å². The van der Waals surface area contributed by atoms with Crippen molar-refractivity contribution in [3.8, 4) is 0 Å². The van der Waals surface area contributed by atoms with Crippen LogP contribution in [0, 0.1) is 11.8 Å². The molecule has 0 fully saturated rings. The molecular weight excluding hydrogens is 222 g/mol. The highest BCUT2D eigenvalue weighted by molar-refractivity contribution is 5.13. The molecule has 1 aliphatic rings. The van der Waals surface area contributed by atoms with Gasteiger partial charge in [0, 0.05) is 13.2 Å². The lowest BCUT2D eigenvalue weighted by Gasteiger charge is -2.26. The van der Waals surface area contributed by atoms with Crippen LogP contribution >= 0.6 is 0 Å². The monoisotopic (exact) mass is 253 g/mol. The van der Waals surface area contributed by atoms with Crippen LogP contribution in [0.4, 0.5) is 0 Å². The second-order valence-corrected chi connectivity index (χ2v) is 5.13. The first kappa shape index (κ1) is 17.4. The number of hydrogen-bond donors (Lipinski definition) is 1. The van der Waals surface area contributed by atoms with Gasteiger partial charge in [0.1, 0.15) is 0 Å². The van der Waals surface area contributed by atoms with Gasteiger partial charge < -0.3 is 10.0 Å². The standard InChI is InChI=1S/C13H23N.C3H8O/c1-4-5-10-14(3)11-13-9-7-6-8-12(13)2;1-2-3-4/h6-9,12-13H,4-5,10-11H2,1-3H3;4H,2-3H2,1H3. The summed E-state index contributed by atoms with van der Waals surface area (Å²) >= 11 is 0. The fourth-order valence-corrected chi connectivity index (χ4v) is 1.87. The zero-order chi connectivity index (χ0) is 13.8. The van der Waals surface area contributed by atoms with E-state index in [0.717, 1.165) is 6.42 Å². The summed E-state index contributed by atoms with van der Waals surface area (Å²) in [6, 6.07) is 0. The van der Waals surface area contributed by atoms with E-state index in [0.29, 0.717) is 18.4 Å². The molecule has 0 radical (unpaired) electrons. The van der Waals surface area contributed by atoms with Gasteiger partial charge in [0.05, 0.1) is 0 Å². The largest absolute Gasteiger partial charge is 0.396 e. The number of allylic oxidation sites excluding steroid dienone is 3. The van der Waals surface area contributed by atoms with E-state index in [1.54, 1.807) is 0 Å². The molecule has 0 amide bonds. The fourth-order valence-electron chi connectivity index (χ4n) is 1.87. The summed E-state index contributed by atoms with van der Waals surface area (Å²) in [7, 11) is 2.23. The molecule has 0 aliphatic heterocycles. The quantitative estimate of drug-likeness (QED) is 0.783. The van der Waals surface area contributed by atoms with Crippen LogP contribution in [0.1, 0.15) is 40.0 Å². The number of aliphatic hydroxyl groups excluding tert-OH is 1. The van der Waals surface area contributed by atoms with Crippen LogP contribution in [0.25, 0.3) is 0 Å². The molecule has 1 aliphatic carbocycles. The Bertz CT molecular complexity index is 233. The first-order valence-corrected chi connectivity index (χ1v) is 7.30. The Labute approximate surface area is 113 Å². The Balaban J connectivity index is 0.000000631. The average Bonchev–Trinajstić information content (AvgIpc) is 2.39. The predicted octanol–water partition coefficient (Wildman–Crippen LogP) is 3.49. The molecule has 0 aromatic carbocycles. The van der Waals surface area contributed by atoms with Crippen LogP contribution in [0.2, 0.25) is 0 Å². The van der Waals surface area contributed by atoms with Crippen molar-refractivity contribution in [1.82, 2.24) is 4.90 Å². The van der Waals surface area contributed by atoms with E-state index in [1.165, 1.54) is 25.9 Å². The molecule has 0 spiro atoms. The molecule has 0 heterocycles. The zero-order valence-corrected chi connectivity index (χ0v) is 12.6. The number of hydrogen-bond acceptors (Lipinski definition) is 2. The molecule has 2 heteroatoms. The van der Waals surface area contributed by atoms with Crippen LogP contribution in [0.3, 0.4) is 0 Å². The fraction of sp³-hybridized carbons (Fsp3) is 0.750. The highest BCUT2D eigenvalue weighted by Crippen LogP contribution is 2.19. The van der Waals surface area contributed by atoms with Gasteiger partial charge in [0.15, 0.2) is 0 Å². The Morgan fingerprint density at radius 2 is 1.72 bits per heavy atom. The predicted molar refractivity (Wildman–Crippen MR) is 80.7 cm³/mol. The molecule has 0 aromatic rings. The van der Waals surface area contributed by atoms with Crippen molar-refractivity contribution in [2.24, 2.45) is 11.8 Å². The van der Waals surface area contributed by atoms with E-state index in [-0.39, 0.29) is 0 Å². The second-order valence-electron chi connectivity index (χ2n) is 5.13. The minimum atomic E-state index is 0.319. The summed E-state index contributed by atoms with van der Waals surface area (Å²) in [4.78, 5) is 2.45. The minimum Gasteiger partial charge on any atom is -0.396 e. The van der Waals surface area contributed by atoms with Gasteiger partial charge in [-0.1, -0.05) is 51.5 Å². The lowest BCUT2D eigenvalue weighted by atomic mass is 9.90. The van der Waals surface area contributed by atoms with Gasteiger partial charge >= 0.3 is 0 Å². The van der Waals surface area contributed by atoms with Gasteiger partial charge in [-0.3, -0.25) is 0 Å². The Morgan fingerprint density at radius 1 is 1.11 bits per heavy atom. The molecule has 0 saturated heterocycles. The van der Waals surface area contributed by atoms with Gasteiger partial charge in [0.2, 0.25) is 0 Å². The van der Waals surface area contributed by atoms with Crippen LogP contribution in [0.5, 0.6) is 0 Å². The maximum Gasteiger partial charge on any atom is 0.0428 e. The molecule has 0 aromatic heterocycles. The van der Waals surface area contributed by atoms with E-state index in [4.69, 9.17) is 5.11 Å². The van der Waals surface area contributed by atoms with Crippen molar-refractivity contribution in [1.29, 1.82) is 0 Å². The smallest absolute Gasteiger partial charge is 0.0428 e. The number of aliphatic hydroxyl groups is 1. The van der Waals surface area contributed by atoms with Gasteiger partial charge in [0.25, 0.3) is 0 Å². The highest BCUT2D eigenvalue weighted by atomic mass is 16.2. The zero-order valence-electron chi connectivity index (χ0n) is 12.6. The van der Waals surface area contributed by atoms with E-state index >= 15 is 0 Å². The second kappa shape index (κ2) is 11.5. The van der Waals surface area contributed by atoms with E-state index in [2.05, 4.69) is 50.1 Å². The lowest BCUT2D eigenvalue weighted by Crippen LogP contribution is -2.29. The SMILES string of the molecule is CCCCN(C)CC1C=CC=CC1C.CCCO. The van der Waals surface area contributed by atoms with Crippen molar-refractivity contribution in [3.63, 3.8) is 0 Å². The van der Waals surface area contributed by atoms with Crippen LogP contribution in [-0.2, 0) is 0 Å². The minimum absolute atomic E-state index is 0.319. The van der Waals surface area contributed by atoms with Gasteiger partial charge in [-0.15, -0.1) is 0 Å². The molecule has 1 N–H and O–H groups in total. The molecule has 0 saturated carbocycles. The molecule has 1 rings (SSSR count). The van der Waals surface area contributed by atoms with Crippen molar-refractivity contribution < 1.29 is 5.11 Å². The normalized spacial score (nSPS) is 21.9. The third-order valence-electron chi connectivity index (χ3n) is 3.20. The molecule has 18 heavy (non-hydrogen) atoms. The number of rotatable bonds is 6. The first-order valence-electron chi connectivity index (χ1n) is 7.30. The summed E-state index contributed by atoms with van der Waals surface area (Å²) in [6.45, 7) is 9.23. The molecule has 2 unspecified atom stereocenters. The van der Waals surface area contributed by atoms with Gasteiger partial charge in [-0.05, 0) is 38.3 Å². The number of nitrogens with zero attached hydrogens (tertiary/aromatic N) is 1. The first-order chi connectivity index (χ1) is 8.65. The molecule has 106 valence electrons. The maximum absolute atomic E-state index is 7.88. The maximum atomic E-state index is 7.88. The average molecular weight is 253 g/mol. The summed E-state index contributed by atoms with van der Waals surface area (Å²) < 4.78 is 0. The summed E-state index contributed by atoms with van der Waals surface area (Å²) in [5, 5.41) is 7.88. The molecular formula is C16H31NO. The van der Waals surface area contributed by atoms with Crippen LogP contribution < -0.4 is 0 Å². The Morgan fingerprint density at radius 3 is 2.22 bits per heavy atom. The van der Waals surface area contributed by atoms with Crippen molar-refractivity contribution in [2.45, 2.75) is 40.0 Å². The third-order valence-corrected chi connectivity index (χ3v) is 3.20. The van der Waals surface area contributed by atoms with E-state index < -0.39 is 0 Å². The lowest BCUT2D eigenvalue weighted by molar-refractivity contribution is 0.272. The van der Waals surface area contributed by atoms with Crippen molar-refractivity contribution in [3.05, 3.63) is 24.3 Å². The molecule has 0 bridgehead atoms. The summed E-state index contributed by atoms with van der Waals surface area (Å²) in [5.74, 6) is 1.41. The van der Waals surface area contributed by atoms with Crippen molar-refractivity contribution in [2.75, 3.05) is 26.7 Å².